The van der Waals surface area contributed by atoms with Crippen LogP contribution in [0.5, 0.6) is 0 Å². The summed E-state index contributed by atoms with van der Waals surface area (Å²) in [5.74, 6) is 0.880. The van der Waals surface area contributed by atoms with Crippen LogP contribution in [0.25, 0.3) is 11.3 Å². The van der Waals surface area contributed by atoms with E-state index in [9.17, 15) is 9.59 Å². The van der Waals surface area contributed by atoms with Crippen LogP contribution in [-0.2, 0) is 9.59 Å². The molecule has 0 unspecified atom stereocenters. The number of aromatic nitrogens is 2. The van der Waals surface area contributed by atoms with Crippen molar-refractivity contribution in [2.24, 2.45) is 0 Å². The van der Waals surface area contributed by atoms with Gasteiger partial charge in [0.1, 0.15) is 0 Å². The minimum Gasteiger partial charge on any atom is -0.352 e. The fraction of sp³-hybridized carbons (Fsp3) is 0.478. The zero-order chi connectivity index (χ0) is 21.5. The molecule has 2 aromatic rings. The second kappa shape index (κ2) is 10.2. The van der Waals surface area contributed by atoms with Crippen LogP contribution in [0.3, 0.4) is 0 Å². The number of aryl methyl sites for hydroxylation is 1. The molecular weight excluding hydrogens is 378 g/mol. The van der Waals surface area contributed by atoms with Crippen LogP contribution in [0.2, 0.25) is 0 Å². The van der Waals surface area contributed by atoms with Gasteiger partial charge < -0.3 is 14.7 Å². The summed E-state index contributed by atoms with van der Waals surface area (Å²) in [6.45, 7) is 9.38. The zero-order valence-corrected chi connectivity index (χ0v) is 18.2. The normalized spacial score (nSPS) is 14.0. The lowest BCUT2D eigenvalue weighted by atomic mass is 10.1. The predicted molar refractivity (Wildman–Crippen MR) is 118 cm³/mol. The zero-order valence-electron chi connectivity index (χ0n) is 18.2. The monoisotopic (exact) mass is 409 g/mol. The quantitative estimate of drug-likeness (QED) is 0.703. The lowest BCUT2D eigenvalue weighted by molar-refractivity contribution is -0.140. The summed E-state index contributed by atoms with van der Waals surface area (Å²) in [6.07, 6.45) is 1.28. The van der Waals surface area contributed by atoms with Gasteiger partial charge in [-0.3, -0.25) is 9.59 Å². The summed E-state index contributed by atoms with van der Waals surface area (Å²) < 4.78 is 0. The van der Waals surface area contributed by atoms with Crippen LogP contribution in [0.4, 0.5) is 5.82 Å². The molecule has 30 heavy (non-hydrogen) atoms. The number of amides is 2. The van der Waals surface area contributed by atoms with Crippen molar-refractivity contribution in [1.82, 2.24) is 20.0 Å². The standard InChI is InChI=1S/C23H31N5O2/c1-4-12-28(22(29)5-2)17-23(30)27-15-13-26(14-16-27)21-11-10-20(24-25-21)19-8-6-18(3)7-9-19/h6-11H,4-5,12-17H2,1-3H3. The van der Waals surface area contributed by atoms with E-state index in [-0.39, 0.29) is 18.4 Å². The summed E-state index contributed by atoms with van der Waals surface area (Å²) in [6, 6.07) is 12.2. The van der Waals surface area contributed by atoms with E-state index in [0.29, 0.717) is 39.1 Å². The number of hydrogen-bond donors (Lipinski definition) is 0. The van der Waals surface area contributed by atoms with E-state index in [0.717, 1.165) is 23.5 Å². The largest absolute Gasteiger partial charge is 0.352 e. The molecule has 160 valence electrons. The fourth-order valence-corrected chi connectivity index (χ4v) is 3.61. The maximum Gasteiger partial charge on any atom is 0.242 e. The molecule has 0 bridgehead atoms. The van der Waals surface area contributed by atoms with Gasteiger partial charge in [-0.15, -0.1) is 10.2 Å². The molecule has 1 aliphatic heterocycles. The second-order valence-corrected chi connectivity index (χ2v) is 7.68. The predicted octanol–water partition coefficient (Wildman–Crippen LogP) is 2.75. The molecule has 0 radical (unpaired) electrons. The average molecular weight is 410 g/mol. The van der Waals surface area contributed by atoms with Gasteiger partial charge in [0.25, 0.3) is 0 Å². The number of carbonyl (C=O) groups is 2. The molecule has 1 aliphatic rings. The lowest BCUT2D eigenvalue weighted by Gasteiger charge is -2.36. The third-order valence-corrected chi connectivity index (χ3v) is 5.43. The van der Waals surface area contributed by atoms with Crippen LogP contribution in [-0.4, -0.2) is 71.1 Å². The number of anilines is 1. The highest BCUT2D eigenvalue weighted by molar-refractivity contribution is 5.84. The Morgan fingerprint density at radius 1 is 0.967 bits per heavy atom. The molecule has 0 N–H and O–H groups in total. The lowest BCUT2D eigenvalue weighted by Crippen LogP contribution is -2.52. The molecule has 1 aromatic carbocycles. The summed E-state index contributed by atoms with van der Waals surface area (Å²) >= 11 is 0. The van der Waals surface area contributed by atoms with E-state index in [1.165, 1.54) is 5.56 Å². The molecule has 2 heterocycles. The highest BCUT2D eigenvalue weighted by Gasteiger charge is 2.24. The molecule has 0 aliphatic carbocycles. The van der Waals surface area contributed by atoms with Gasteiger partial charge in [-0.2, -0.15) is 0 Å². The number of benzene rings is 1. The first kappa shape index (κ1) is 21.7. The van der Waals surface area contributed by atoms with Gasteiger partial charge in [0.05, 0.1) is 12.2 Å². The van der Waals surface area contributed by atoms with E-state index >= 15 is 0 Å². The van der Waals surface area contributed by atoms with E-state index < -0.39 is 0 Å². The molecular formula is C23H31N5O2. The Morgan fingerprint density at radius 2 is 1.67 bits per heavy atom. The first-order chi connectivity index (χ1) is 14.5. The van der Waals surface area contributed by atoms with Crippen molar-refractivity contribution < 1.29 is 9.59 Å². The second-order valence-electron chi connectivity index (χ2n) is 7.68. The summed E-state index contributed by atoms with van der Waals surface area (Å²) in [5.41, 5.74) is 3.12. The van der Waals surface area contributed by atoms with Crippen LogP contribution in [0, 0.1) is 6.92 Å². The minimum atomic E-state index is 0.0192. The van der Waals surface area contributed by atoms with Crippen LogP contribution in [0.1, 0.15) is 32.3 Å². The van der Waals surface area contributed by atoms with E-state index in [1.807, 2.05) is 30.9 Å². The molecule has 0 saturated carbocycles. The number of piperazine rings is 1. The molecule has 3 rings (SSSR count). The Balaban J connectivity index is 1.55. The first-order valence-corrected chi connectivity index (χ1v) is 10.7. The van der Waals surface area contributed by atoms with Gasteiger partial charge >= 0.3 is 0 Å². The molecule has 1 aromatic heterocycles. The van der Waals surface area contributed by atoms with Gasteiger partial charge in [-0.05, 0) is 25.5 Å². The van der Waals surface area contributed by atoms with Gasteiger partial charge in [-0.1, -0.05) is 43.7 Å². The van der Waals surface area contributed by atoms with Crippen molar-refractivity contribution >= 4 is 17.6 Å². The van der Waals surface area contributed by atoms with Crippen molar-refractivity contribution in [3.05, 3.63) is 42.0 Å². The molecule has 7 nitrogen and oxygen atoms in total. The minimum absolute atomic E-state index is 0.0192. The summed E-state index contributed by atoms with van der Waals surface area (Å²) in [7, 11) is 0. The van der Waals surface area contributed by atoms with Crippen molar-refractivity contribution in [2.45, 2.75) is 33.6 Å². The Morgan fingerprint density at radius 3 is 2.23 bits per heavy atom. The highest BCUT2D eigenvalue weighted by Crippen LogP contribution is 2.20. The van der Waals surface area contributed by atoms with E-state index in [4.69, 9.17) is 0 Å². The van der Waals surface area contributed by atoms with Crippen molar-refractivity contribution in [2.75, 3.05) is 44.2 Å². The first-order valence-electron chi connectivity index (χ1n) is 10.7. The Kier molecular flexibility index (Phi) is 7.38. The van der Waals surface area contributed by atoms with Crippen molar-refractivity contribution in [3.8, 4) is 11.3 Å². The van der Waals surface area contributed by atoms with Gasteiger partial charge in [0, 0.05) is 44.7 Å². The number of rotatable bonds is 7. The Labute approximate surface area is 178 Å². The smallest absolute Gasteiger partial charge is 0.242 e. The maximum atomic E-state index is 12.7. The van der Waals surface area contributed by atoms with Crippen molar-refractivity contribution in [3.63, 3.8) is 0 Å². The third-order valence-electron chi connectivity index (χ3n) is 5.43. The Hall–Kier alpha value is -2.96. The topological polar surface area (TPSA) is 69.6 Å². The van der Waals surface area contributed by atoms with Gasteiger partial charge in [-0.25, -0.2) is 0 Å². The highest BCUT2D eigenvalue weighted by atomic mass is 16.2. The molecule has 0 spiro atoms. The van der Waals surface area contributed by atoms with Crippen LogP contribution >= 0.6 is 0 Å². The number of nitrogens with zero attached hydrogens (tertiary/aromatic N) is 5. The molecule has 7 heteroatoms. The Bertz CT molecular complexity index is 843. The molecule has 0 atom stereocenters. The fourth-order valence-electron chi connectivity index (χ4n) is 3.61. The van der Waals surface area contributed by atoms with Crippen LogP contribution in [0.15, 0.2) is 36.4 Å². The molecule has 2 amide bonds. The molecule has 1 saturated heterocycles. The number of carbonyl (C=O) groups excluding carboxylic acids is 2. The summed E-state index contributed by atoms with van der Waals surface area (Å²) in [4.78, 5) is 30.4. The maximum absolute atomic E-state index is 12.7. The van der Waals surface area contributed by atoms with Crippen molar-refractivity contribution in [1.29, 1.82) is 0 Å². The van der Waals surface area contributed by atoms with Gasteiger partial charge in [0.2, 0.25) is 11.8 Å². The summed E-state index contributed by atoms with van der Waals surface area (Å²) in [5, 5.41) is 8.78. The average Bonchev–Trinajstić information content (AvgIpc) is 2.79. The SMILES string of the molecule is CCCN(CC(=O)N1CCN(c2ccc(-c3ccc(C)cc3)nn2)CC1)C(=O)CC. The number of hydrogen-bond acceptors (Lipinski definition) is 5. The van der Waals surface area contributed by atoms with E-state index in [2.05, 4.69) is 46.3 Å². The van der Waals surface area contributed by atoms with Crippen LogP contribution < -0.4 is 4.90 Å². The third kappa shape index (κ3) is 5.34. The van der Waals surface area contributed by atoms with E-state index in [1.54, 1.807) is 4.90 Å². The van der Waals surface area contributed by atoms with Gasteiger partial charge in [0.15, 0.2) is 5.82 Å². The molecule has 1 fully saturated rings.